The number of halogens is 4. The van der Waals surface area contributed by atoms with Gasteiger partial charge in [-0.3, -0.25) is 9.36 Å². The van der Waals surface area contributed by atoms with Crippen LogP contribution < -0.4 is 27.7 Å². The lowest BCUT2D eigenvalue weighted by atomic mass is 10.1. The molecule has 7 nitrogen and oxygen atoms in total. The van der Waals surface area contributed by atoms with Crippen LogP contribution in [0.4, 0.5) is 18.9 Å². The fourth-order valence-corrected chi connectivity index (χ4v) is 4.05. The van der Waals surface area contributed by atoms with E-state index in [0.717, 1.165) is 11.0 Å². The van der Waals surface area contributed by atoms with Crippen molar-refractivity contribution < 1.29 is 13.2 Å². The maximum absolute atomic E-state index is 14.8. The number of hydrogen-bond acceptors (Lipinski definition) is 5. The monoisotopic (exact) mass is 403 g/mol. The summed E-state index contributed by atoms with van der Waals surface area (Å²) in [5.41, 5.74) is 3.49. The van der Waals surface area contributed by atoms with Gasteiger partial charge in [0.25, 0.3) is 11.5 Å². The van der Waals surface area contributed by atoms with Gasteiger partial charge in [0.05, 0.1) is 34.1 Å². The Morgan fingerprint density at radius 2 is 1.96 bits per heavy atom. The van der Waals surface area contributed by atoms with E-state index < -0.39 is 35.5 Å². The molecular weight excluding hydrogens is 387 g/mol. The van der Waals surface area contributed by atoms with Crippen LogP contribution in [0.2, 0.25) is 5.02 Å². The van der Waals surface area contributed by atoms with Crippen molar-refractivity contribution in [1.29, 1.82) is 0 Å². The number of anilines is 1. The number of benzene rings is 1. The zero-order chi connectivity index (χ0) is 19.7. The first-order chi connectivity index (χ1) is 12.7. The molecule has 1 aliphatic heterocycles. The summed E-state index contributed by atoms with van der Waals surface area (Å²) < 4.78 is 44.7. The molecule has 4 N–H and O–H groups in total. The average molecular weight is 404 g/mol. The number of nitrogens with two attached hydrogens (primary N) is 2. The lowest BCUT2D eigenvalue weighted by molar-refractivity contribution is -0.0170. The standard InChI is InChI=1S/C16H17ClF3N5O2/c17-11-12-9(14(26)25(22)15(27)24(12)8-1-2-8)3-10(18)13(11)23-5-7(4-21)16(19,20)6-23/h3,7-8H,1-2,4-6,21-22H2. The van der Waals surface area contributed by atoms with E-state index in [9.17, 15) is 22.8 Å². The van der Waals surface area contributed by atoms with Crippen molar-refractivity contribution in [3.63, 3.8) is 0 Å². The zero-order valence-corrected chi connectivity index (χ0v) is 14.8. The molecule has 0 spiro atoms. The molecule has 1 atom stereocenters. The molecule has 11 heteroatoms. The first-order valence-electron chi connectivity index (χ1n) is 8.44. The van der Waals surface area contributed by atoms with Crippen molar-refractivity contribution >= 4 is 28.2 Å². The number of rotatable bonds is 3. The Kier molecular flexibility index (Phi) is 3.97. The van der Waals surface area contributed by atoms with E-state index in [4.69, 9.17) is 23.2 Å². The van der Waals surface area contributed by atoms with Gasteiger partial charge in [-0.1, -0.05) is 11.6 Å². The van der Waals surface area contributed by atoms with Gasteiger partial charge in [-0.2, -0.15) is 4.68 Å². The van der Waals surface area contributed by atoms with Crippen molar-refractivity contribution in [3.05, 3.63) is 37.7 Å². The van der Waals surface area contributed by atoms with Gasteiger partial charge in [-0.15, -0.1) is 0 Å². The van der Waals surface area contributed by atoms with Gasteiger partial charge in [-0.25, -0.2) is 18.0 Å². The number of hydrogen-bond donors (Lipinski definition) is 2. The Hall–Kier alpha value is -2.20. The van der Waals surface area contributed by atoms with E-state index in [1.165, 1.54) is 4.57 Å². The summed E-state index contributed by atoms with van der Waals surface area (Å²) in [6, 6.07) is 0.678. The van der Waals surface area contributed by atoms with Gasteiger partial charge in [0, 0.05) is 19.1 Å². The zero-order valence-electron chi connectivity index (χ0n) is 14.1. The van der Waals surface area contributed by atoms with Crippen molar-refractivity contribution in [3.8, 4) is 0 Å². The highest BCUT2D eigenvalue weighted by Gasteiger charge is 2.48. The summed E-state index contributed by atoms with van der Waals surface area (Å²) in [5.74, 6) is 0.349. The molecular formula is C16H17ClF3N5O2. The molecule has 1 aromatic heterocycles. The summed E-state index contributed by atoms with van der Waals surface area (Å²) in [6.07, 6.45) is 1.35. The first-order valence-corrected chi connectivity index (χ1v) is 8.82. The third-order valence-electron chi connectivity index (χ3n) is 5.22. The first kappa shape index (κ1) is 18.2. The molecule has 2 aliphatic rings. The second kappa shape index (κ2) is 5.90. The van der Waals surface area contributed by atoms with Crippen LogP contribution >= 0.6 is 11.6 Å². The van der Waals surface area contributed by atoms with Gasteiger partial charge < -0.3 is 16.5 Å². The molecule has 1 aliphatic carbocycles. The quantitative estimate of drug-likeness (QED) is 0.746. The third kappa shape index (κ3) is 2.61. The molecule has 2 aromatic rings. The molecule has 146 valence electrons. The van der Waals surface area contributed by atoms with Crippen molar-refractivity contribution in [2.75, 3.05) is 30.4 Å². The van der Waals surface area contributed by atoms with E-state index in [1.807, 2.05) is 0 Å². The number of alkyl halides is 2. The average Bonchev–Trinajstić information content (AvgIpc) is 3.38. The fourth-order valence-electron chi connectivity index (χ4n) is 3.65. The Morgan fingerprint density at radius 1 is 1.30 bits per heavy atom. The SMILES string of the molecule is NCC1CN(c2c(F)cc3c(=O)n(N)c(=O)n(C4CC4)c3c2Cl)CC1(F)F. The number of fused-ring (bicyclic) bond motifs is 1. The summed E-state index contributed by atoms with van der Waals surface area (Å²) in [5, 5.41) is -0.420. The van der Waals surface area contributed by atoms with E-state index in [2.05, 4.69) is 0 Å². The van der Waals surface area contributed by atoms with Crippen LogP contribution in [0.3, 0.4) is 0 Å². The molecule has 2 heterocycles. The lowest BCUT2D eigenvalue weighted by Crippen LogP contribution is -2.44. The number of nitrogens with zero attached hydrogens (tertiary/aromatic N) is 3. The van der Waals surface area contributed by atoms with Crippen molar-refractivity contribution in [2.24, 2.45) is 11.7 Å². The van der Waals surface area contributed by atoms with E-state index in [-0.39, 0.29) is 40.7 Å². The van der Waals surface area contributed by atoms with E-state index in [1.54, 1.807) is 0 Å². The second-order valence-electron chi connectivity index (χ2n) is 7.05. The molecule has 27 heavy (non-hydrogen) atoms. The highest BCUT2D eigenvalue weighted by molar-refractivity contribution is 6.38. The number of nitrogen functional groups attached to an aromatic ring is 1. The molecule has 0 amide bonds. The maximum atomic E-state index is 14.8. The van der Waals surface area contributed by atoms with Gasteiger partial charge >= 0.3 is 5.69 Å². The minimum absolute atomic E-state index is 0.0202. The Labute approximate surface area is 155 Å². The highest BCUT2D eigenvalue weighted by Crippen LogP contribution is 2.43. The minimum Gasteiger partial charge on any atom is -0.361 e. The predicted molar refractivity (Wildman–Crippen MR) is 95.6 cm³/mol. The molecule has 2 fully saturated rings. The van der Waals surface area contributed by atoms with E-state index in [0.29, 0.717) is 17.5 Å². The molecule has 0 radical (unpaired) electrons. The fraction of sp³-hybridized carbons (Fsp3) is 0.500. The van der Waals surface area contributed by atoms with Gasteiger partial charge in [0.2, 0.25) is 0 Å². The molecule has 0 bridgehead atoms. The van der Waals surface area contributed by atoms with Crippen LogP contribution in [-0.2, 0) is 0 Å². The van der Waals surface area contributed by atoms with Crippen LogP contribution in [-0.4, -0.2) is 34.8 Å². The van der Waals surface area contributed by atoms with Crippen molar-refractivity contribution in [1.82, 2.24) is 9.24 Å². The normalized spacial score (nSPS) is 22.0. The molecule has 4 rings (SSSR count). The van der Waals surface area contributed by atoms with Crippen LogP contribution in [0.25, 0.3) is 10.9 Å². The van der Waals surface area contributed by atoms with Gasteiger partial charge in [0.15, 0.2) is 0 Å². The molecule has 1 unspecified atom stereocenters. The summed E-state index contributed by atoms with van der Waals surface area (Å²) in [7, 11) is 0. The second-order valence-corrected chi connectivity index (χ2v) is 7.43. The summed E-state index contributed by atoms with van der Waals surface area (Å²) >= 11 is 6.38. The number of aromatic nitrogens is 2. The minimum atomic E-state index is -3.10. The highest BCUT2D eigenvalue weighted by atomic mass is 35.5. The Balaban J connectivity index is 1.99. The van der Waals surface area contributed by atoms with Crippen LogP contribution in [0.5, 0.6) is 0 Å². The van der Waals surface area contributed by atoms with Gasteiger partial charge in [0.1, 0.15) is 5.82 Å². The largest absolute Gasteiger partial charge is 0.361 e. The topological polar surface area (TPSA) is 99.3 Å². The maximum Gasteiger partial charge on any atom is 0.350 e. The molecule has 1 saturated carbocycles. The van der Waals surface area contributed by atoms with Crippen LogP contribution in [0.1, 0.15) is 18.9 Å². The summed E-state index contributed by atoms with van der Waals surface area (Å²) in [6.45, 7) is -1.20. The Morgan fingerprint density at radius 3 is 2.52 bits per heavy atom. The predicted octanol–water partition coefficient (Wildman–Crippen LogP) is 1.03. The van der Waals surface area contributed by atoms with Gasteiger partial charge in [-0.05, 0) is 18.9 Å². The Bertz CT molecular complexity index is 1060. The molecule has 1 aromatic carbocycles. The van der Waals surface area contributed by atoms with Crippen molar-refractivity contribution in [2.45, 2.75) is 24.8 Å². The van der Waals surface area contributed by atoms with E-state index >= 15 is 0 Å². The molecule has 1 saturated heterocycles. The van der Waals surface area contributed by atoms with Crippen LogP contribution in [0, 0.1) is 11.7 Å². The lowest BCUT2D eigenvalue weighted by Gasteiger charge is -2.22. The smallest absolute Gasteiger partial charge is 0.350 e. The van der Waals surface area contributed by atoms with Crippen LogP contribution in [0.15, 0.2) is 15.7 Å². The summed E-state index contributed by atoms with van der Waals surface area (Å²) in [4.78, 5) is 25.9. The third-order valence-corrected chi connectivity index (χ3v) is 5.58.